The molecule has 0 amide bonds. The van der Waals surface area contributed by atoms with Crippen molar-refractivity contribution >= 4 is 17.4 Å². The van der Waals surface area contributed by atoms with E-state index in [-0.39, 0.29) is 5.92 Å². The molecule has 1 aliphatic heterocycles. The molecule has 2 aromatic rings. The van der Waals surface area contributed by atoms with Crippen molar-refractivity contribution in [2.24, 2.45) is 0 Å². The van der Waals surface area contributed by atoms with E-state index in [0.29, 0.717) is 22.3 Å². The van der Waals surface area contributed by atoms with Crippen LogP contribution in [0.25, 0.3) is 0 Å². The van der Waals surface area contributed by atoms with Gasteiger partial charge in [-0.05, 0) is 18.9 Å². The summed E-state index contributed by atoms with van der Waals surface area (Å²) in [5.74, 6) is 2.24. The summed E-state index contributed by atoms with van der Waals surface area (Å²) in [4.78, 5) is 10.7. The van der Waals surface area contributed by atoms with Crippen molar-refractivity contribution in [2.45, 2.75) is 25.7 Å². The first-order valence-corrected chi connectivity index (χ1v) is 7.16. The molecule has 0 aliphatic carbocycles. The van der Waals surface area contributed by atoms with E-state index in [0.717, 1.165) is 31.8 Å². The molecule has 2 aromatic heterocycles. The highest BCUT2D eigenvalue weighted by atomic mass is 35.5. The fourth-order valence-electron chi connectivity index (χ4n) is 2.59. The van der Waals surface area contributed by atoms with Crippen LogP contribution in [0.5, 0.6) is 0 Å². The van der Waals surface area contributed by atoms with Crippen LogP contribution in [0, 0.1) is 18.3 Å². The summed E-state index contributed by atoms with van der Waals surface area (Å²) < 4.78 is 5.06. The Morgan fingerprint density at radius 1 is 1.52 bits per heavy atom. The predicted molar refractivity (Wildman–Crippen MR) is 77.2 cm³/mol. The van der Waals surface area contributed by atoms with E-state index in [4.69, 9.17) is 21.4 Å². The van der Waals surface area contributed by atoms with Gasteiger partial charge in [0.1, 0.15) is 11.9 Å². The number of nitriles is 1. The third-order valence-corrected chi connectivity index (χ3v) is 3.86. The second kappa shape index (κ2) is 5.70. The minimum atomic E-state index is 0.213. The first kappa shape index (κ1) is 13.8. The highest BCUT2D eigenvalue weighted by Gasteiger charge is 2.26. The molecule has 1 saturated heterocycles. The largest absolute Gasteiger partial charge is 0.355 e. The number of piperidine rings is 1. The zero-order valence-corrected chi connectivity index (χ0v) is 12.3. The smallest absolute Gasteiger partial charge is 0.223 e. The van der Waals surface area contributed by atoms with Gasteiger partial charge in [-0.15, -0.1) is 0 Å². The molecule has 0 N–H and O–H groups in total. The maximum absolute atomic E-state index is 8.87. The highest BCUT2D eigenvalue weighted by Crippen LogP contribution is 2.31. The van der Waals surface area contributed by atoms with Crippen molar-refractivity contribution in [3.63, 3.8) is 0 Å². The Labute approximate surface area is 127 Å². The minimum absolute atomic E-state index is 0.213. The van der Waals surface area contributed by atoms with E-state index in [1.165, 1.54) is 0 Å². The third kappa shape index (κ3) is 2.83. The first-order valence-electron chi connectivity index (χ1n) is 6.78. The maximum atomic E-state index is 8.87. The molecule has 7 heteroatoms. The minimum Gasteiger partial charge on any atom is -0.355 e. The second-order valence-corrected chi connectivity index (χ2v) is 5.51. The Balaban J connectivity index is 1.81. The van der Waals surface area contributed by atoms with Crippen molar-refractivity contribution in [3.8, 4) is 6.07 Å². The van der Waals surface area contributed by atoms with Gasteiger partial charge in [-0.3, -0.25) is 0 Å². The van der Waals surface area contributed by atoms with Crippen LogP contribution in [-0.4, -0.2) is 28.2 Å². The lowest BCUT2D eigenvalue weighted by Gasteiger charge is -2.32. The van der Waals surface area contributed by atoms with E-state index in [9.17, 15) is 0 Å². The van der Waals surface area contributed by atoms with Crippen LogP contribution in [0.3, 0.4) is 0 Å². The van der Waals surface area contributed by atoms with E-state index < -0.39 is 0 Å². The molecule has 0 spiro atoms. The number of aromatic nitrogens is 3. The molecule has 3 heterocycles. The predicted octanol–water partition coefficient (Wildman–Crippen LogP) is 2.68. The molecule has 0 unspecified atom stereocenters. The van der Waals surface area contributed by atoms with Gasteiger partial charge < -0.3 is 9.42 Å². The molecule has 1 atom stereocenters. The summed E-state index contributed by atoms with van der Waals surface area (Å²) in [5, 5.41) is 13.4. The Bertz CT molecular complexity index is 693. The quantitative estimate of drug-likeness (QED) is 0.848. The van der Waals surface area contributed by atoms with Crippen LogP contribution < -0.4 is 4.90 Å². The summed E-state index contributed by atoms with van der Waals surface area (Å²) in [7, 11) is 0. The van der Waals surface area contributed by atoms with Gasteiger partial charge in [0, 0.05) is 32.1 Å². The molecule has 3 rings (SSSR count). The molecule has 6 nitrogen and oxygen atoms in total. The molecule has 0 saturated carbocycles. The van der Waals surface area contributed by atoms with E-state index >= 15 is 0 Å². The number of anilines is 1. The monoisotopic (exact) mass is 303 g/mol. The number of hydrogen-bond acceptors (Lipinski definition) is 6. The number of hydrogen-bond donors (Lipinski definition) is 0. The molecular formula is C14H14ClN5O. The van der Waals surface area contributed by atoms with Gasteiger partial charge in [0.25, 0.3) is 0 Å². The summed E-state index contributed by atoms with van der Waals surface area (Å²) in [5.41, 5.74) is 0.464. The van der Waals surface area contributed by atoms with Crippen LogP contribution >= 0.6 is 11.6 Å². The van der Waals surface area contributed by atoms with Crippen LogP contribution in [0.15, 0.2) is 16.8 Å². The fourth-order valence-corrected chi connectivity index (χ4v) is 2.87. The number of rotatable bonds is 2. The number of halogens is 1. The van der Waals surface area contributed by atoms with Crippen LogP contribution in [0.2, 0.25) is 5.02 Å². The molecular weight excluding hydrogens is 290 g/mol. The zero-order valence-electron chi connectivity index (χ0n) is 11.6. The SMILES string of the molecule is Cc1nc([C@H]2CCCN(c3ncc(C#N)cc3Cl)C2)no1. The summed E-state index contributed by atoms with van der Waals surface area (Å²) >= 11 is 6.23. The van der Waals surface area contributed by atoms with Crippen molar-refractivity contribution in [3.05, 3.63) is 34.6 Å². The Hall–Kier alpha value is -2.13. The number of nitrogens with zero attached hydrogens (tertiary/aromatic N) is 5. The molecule has 0 radical (unpaired) electrons. The Kier molecular flexibility index (Phi) is 3.76. The van der Waals surface area contributed by atoms with Crippen molar-refractivity contribution in [1.82, 2.24) is 15.1 Å². The summed E-state index contributed by atoms with van der Waals surface area (Å²) in [6, 6.07) is 3.68. The van der Waals surface area contributed by atoms with E-state index in [1.54, 1.807) is 19.2 Å². The lowest BCUT2D eigenvalue weighted by atomic mass is 9.97. The average molecular weight is 304 g/mol. The van der Waals surface area contributed by atoms with Crippen LogP contribution in [-0.2, 0) is 0 Å². The Morgan fingerprint density at radius 2 is 2.38 bits per heavy atom. The molecule has 0 bridgehead atoms. The standard InChI is InChI=1S/C14H14ClN5O/c1-9-18-13(19-21-9)11-3-2-4-20(8-11)14-12(15)5-10(6-16)7-17-14/h5,7,11H,2-4,8H2,1H3/t11-/m0/s1. The van der Waals surface area contributed by atoms with Gasteiger partial charge in [-0.25, -0.2) is 4.98 Å². The first-order chi connectivity index (χ1) is 10.2. The van der Waals surface area contributed by atoms with Crippen molar-refractivity contribution in [1.29, 1.82) is 5.26 Å². The number of pyridine rings is 1. The van der Waals surface area contributed by atoms with Crippen molar-refractivity contribution < 1.29 is 4.52 Å². The normalized spacial score (nSPS) is 18.5. The van der Waals surface area contributed by atoms with Gasteiger partial charge in [0.2, 0.25) is 5.89 Å². The third-order valence-electron chi connectivity index (χ3n) is 3.58. The topological polar surface area (TPSA) is 78.8 Å². The molecule has 21 heavy (non-hydrogen) atoms. The second-order valence-electron chi connectivity index (χ2n) is 5.10. The van der Waals surface area contributed by atoms with Crippen LogP contribution in [0.4, 0.5) is 5.82 Å². The Morgan fingerprint density at radius 3 is 3.05 bits per heavy atom. The number of aryl methyl sites for hydroxylation is 1. The molecule has 0 aromatic carbocycles. The fraction of sp³-hybridized carbons (Fsp3) is 0.429. The lowest BCUT2D eigenvalue weighted by Crippen LogP contribution is -2.35. The molecule has 1 fully saturated rings. The van der Waals surface area contributed by atoms with E-state index in [2.05, 4.69) is 20.0 Å². The zero-order chi connectivity index (χ0) is 14.8. The summed E-state index contributed by atoms with van der Waals surface area (Å²) in [6.07, 6.45) is 3.57. The maximum Gasteiger partial charge on any atom is 0.223 e. The average Bonchev–Trinajstić information content (AvgIpc) is 2.94. The lowest BCUT2D eigenvalue weighted by molar-refractivity contribution is 0.376. The highest BCUT2D eigenvalue weighted by molar-refractivity contribution is 6.33. The summed E-state index contributed by atoms with van der Waals surface area (Å²) in [6.45, 7) is 3.42. The van der Waals surface area contributed by atoms with Crippen molar-refractivity contribution in [2.75, 3.05) is 18.0 Å². The van der Waals surface area contributed by atoms with Gasteiger partial charge >= 0.3 is 0 Å². The van der Waals surface area contributed by atoms with Gasteiger partial charge in [-0.2, -0.15) is 10.2 Å². The van der Waals surface area contributed by atoms with Gasteiger partial charge in [-0.1, -0.05) is 16.8 Å². The molecule has 108 valence electrons. The van der Waals surface area contributed by atoms with Gasteiger partial charge in [0.15, 0.2) is 5.82 Å². The van der Waals surface area contributed by atoms with E-state index in [1.807, 2.05) is 6.07 Å². The van der Waals surface area contributed by atoms with Crippen LogP contribution in [0.1, 0.15) is 36.0 Å². The molecule has 1 aliphatic rings. The van der Waals surface area contributed by atoms with Gasteiger partial charge in [0.05, 0.1) is 10.6 Å².